The van der Waals surface area contributed by atoms with E-state index in [9.17, 15) is 0 Å². The Kier molecular flexibility index (Phi) is 15.2. The summed E-state index contributed by atoms with van der Waals surface area (Å²) in [6.07, 6.45) is 0.722. The van der Waals surface area contributed by atoms with Gasteiger partial charge in [0, 0.05) is 0 Å². The van der Waals surface area contributed by atoms with E-state index >= 15 is 0 Å². The first-order valence-electron chi connectivity index (χ1n) is 2.42. The van der Waals surface area contributed by atoms with Crippen LogP contribution in [0, 0.1) is 0 Å². The molecule has 0 aliphatic heterocycles. The average molecular weight is 156 g/mol. The van der Waals surface area contributed by atoms with E-state index in [4.69, 9.17) is 15.0 Å². The molecule has 0 aromatic rings. The van der Waals surface area contributed by atoms with Crippen LogP contribution in [0.3, 0.4) is 0 Å². The Bertz CT molecular complexity index is 80.3. The second-order valence-electron chi connectivity index (χ2n) is 1.10. The number of hydrogen-bond acceptors (Lipinski definition) is 3. The molecule has 0 fully saturated rings. The maximum atomic E-state index is 9.14. The minimum absolute atomic E-state index is 0.375. The Morgan fingerprint density at radius 3 is 2.11 bits per heavy atom. The zero-order chi connectivity index (χ0) is 7.70. The van der Waals surface area contributed by atoms with Crippen molar-refractivity contribution in [3.8, 4) is 0 Å². The number of carbonyl (C=O) groups is 1. The summed E-state index contributed by atoms with van der Waals surface area (Å²) in [4.78, 5) is 9.14. The van der Waals surface area contributed by atoms with E-state index in [1.54, 1.807) is 0 Å². The Morgan fingerprint density at radius 1 is 1.89 bits per heavy atom. The molecule has 4 heteroatoms. The van der Waals surface area contributed by atoms with E-state index in [1.165, 1.54) is 35.8 Å². The van der Waals surface area contributed by atoms with Crippen molar-refractivity contribution in [2.24, 2.45) is 0 Å². The number of carboxylic acids is 1. The molecular formula is C5H8CaO3. The molecule has 0 aromatic carbocycles. The Labute approximate surface area is 78.0 Å². The van der Waals surface area contributed by atoms with Crippen LogP contribution in [0.4, 0.5) is 0 Å². The van der Waals surface area contributed by atoms with Crippen LogP contribution >= 0.6 is 0 Å². The third-order valence-electron chi connectivity index (χ3n) is 0.325. The Hall–Kier alpha value is 0.430. The predicted octanol–water partition coefficient (Wildman–Crippen LogP) is -1.51. The minimum atomic E-state index is -1.23. The molecule has 9 heavy (non-hydrogen) atoms. The van der Waals surface area contributed by atoms with Gasteiger partial charge in [0.1, 0.15) is 0 Å². The topological polar surface area (TPSA) is 60.4 Å². The van der Waals surface area contributed by atoms with Crippen LogP contribution in [-0.2, 0) is 4.79 Å². The summed E-state index contributed by atoms with van der Waals surface area (Å²) in [6, 6.07) is 0. The van der Waals surface area contributed by atoms with Crippen molar-refractivity contribution >= 4 is 41.8 Å². The molecule has 0 bridgehead atoms. The van der Waals surface area contributed by atoms with Gasteiger partial charge in [0.05, 0.1) is 5.97 Å². The van der Waals surface area contributed by atoms with Gasteiger partial charge in [0.2, 0.25) is 0 Å². The second kappa shape index (κ2) is 11.3. The number of rotatable bonds is 2. The summed E-state index contributed by atoms with van der Waals surface area (Å²) in [5.74, 6) is -1.23. The molecule has 1 N–H and O–H groups in total. The number of aliphatic hydroxyl groups excluding tert-OH is 1. The summed E-state index contributed by atoms with van der Waals surface area (Å²) in [5.41, 5.74) is 0. The summed E-state index contributed by atoms with van der Waals surface area (Å²) in [6.45, 7) is 3.27. The van der Waals surface area contributed by atoms with Crippen LogP contribution in [-0.4, -0.2) is 53.5 Å². The summed E-state index contributed by atoms with van der Waals surface area (Å²) >= 11 is 1.22. The summed E-state index contributed by atoms with van der Waals surface area (Å²) in [5, 5.41) is 17.0. The van der Waals surface area contributed by atoms with Crippen LogP contribution in [0.2, 0.25) is 2.52 Å². The van der Waals surface area contributed by atoms with Gasteiger partial charge in [-0.1, -0.05) is 6.58 Å². The van der Waals surface area contributed by atoms with Crippen LogP contribution in [0.15, 0.2) is 12.7 Å². The van der Waals surface area contributed by atoms with Gasteiger partial charge in [-0.15, -0.1) is 0 Å². The fourth-order valence-electron chi connectivity index (χ4n) is 0. The van der Waals surface area contributed by atoms with Crippen molar-refractivity contribution in [1.82, 2.24) is 0 Å². The van der Waals surface area contributed by atoms with Crippen LogP contribution in [0.5, 0.6) is 0 Å². The molecule has 48 valence electrons. The van der Waals surface area contributed by atoms with E-state index in [2.05, 4.69) is 6.58 Å². The van der Waals surface area contributed by atoms with Crippen molar-refractivity contribution in [1.29, 1.82) is 0 Å². The van der Waals surface area contributed by atoms with E-state index in [0.717, 1.165) is 8.59 Å². The average Bonchev–Trinajstić information content (AvgIpc) is 1.89. The summed E-state index contributed by atoms with van der Waals surface area (Å²) in [7, 11) is 0. The molecule has 0 spiro atoms. The van der Waals surface area contributed by atoms with Gasteiger partial charge in [-0.05, 0) is 6.08 Å². The first kappa shape index (κ1) is 12.1. The molecule has 0 amide bonds. The number of aliphatic carboxylic acids is 1. The standard InChI is InChI=1S/C3H4O2.C2H5O.Ca/c1-2-3(4)5;1-2-3;/h2H,1H2,(H,4,5);3H,1-2H2;/q;;+1/p-1. The fourth-order valence-corrected chi connectivity index (χ4v) is 0. The molecule has 0 radical (unpaired) electrons. The number of hydrogen-bond donors (Lipinski definition) is 1. The van der Waals surface area contributed by atoms with E-state index in [0.29, 0.717) is 6.61 Å². The fraction of sp³-hybridized carbons (Fsp3) is 0.400. The SMILES string of the molecule is C=CC(=O)[O-].OC[CH2][Ca+]. The van der Waals surface area contributed by atoms with Gasteiger partial charge in [-0.3, -0.25) is 0 Å². The zero-order valence-corrected chi connectivity index (χ0v) is 7.38. The van der Waals surface area contributed by atoms with Gasteiger partial charge in [0.25, 0.3) is 0 Å². The van der Waals surface area contributed by atoms with Gasteiger partial charge in [0.15, 0.2) is 0 Å². The van der Waals surface area contributed by atoms with E-state index in [-0.39, 0.29) is 0 Å². The van der Waals surface area contributed by atoms with Crippen LogP contribution < -0.4 is 5.11 Å². The van der Waals surface area contributed by atoms with Crippen molar-refractivity contribution < 1.29 is 15.0 Å². The molecule has 0 saturated heterocycles. The second-order valence-corrected chi connectivity index (χ2v) is 2.20. The number of carboxylic acid groups (broad SMARTS) is 1. The Morgan fingerprint density at radius 2 is 2.11 bits per heavy atom. The zero-order valence-electron chi connectivity index (χ0n) is 5.17. The van der Waals surface area contributed by atoms with Crippen molar-refractivity contribution in [3.05, 3.63) is 12.7 Å². The molecule has 0 aromatic heterocycles. The van der Waals surface area contributed by atoms with Crippen molar-refractivity contribution in [3.63, 3.8) is 0 Å². The molecule has 0 atom stereocenters. The van der Waals surface area contributed by atoms with Gasteiger partial charge >= 0.3 is 50.0 Å². The molecule has 0 heterocycles. The molecule has 0 aliphatic carbocycles. The third-order valence-corrected chi connectivity index (χ3v) is 0.819. The van der Waals surface area contributed by atoms with Gasteiger partial charge in [-0.25, -0.2) is 0 Å². The summed E-state index contributed by atoms with van der Waals surface area (Å²) < 4.78 is 1.00. The molecule has 3 nitrogen and oxygen atoms in total. The van der Waals surface area contributed by atoms with Crippen LogP contribution in [0.1, 0.15) is 0 Å². The third kappa shape index (κ3) is 29.6. The first-order chi connectivity index (χ1) is 4.18. The monoisotopic (exact) mass is 156 g/mol. The number of aliphatic hydroxyl groups is 1. The van der Waals surface area contributed by atoms with E-state index < -0.39 is 5.97 Å². The molecular weight excluding hydrogens is 148 g/mol. The normalized spacial score (nSPS) is 7.00. The Balaban J connectivity index is 0. The quantitative estimate of drug-likeness (QED) is 0.390. The van der Waals surface area contributed by atoms with Crippen LogP contribution in [0.25, 0.3) is 0 Å². The van der Waals surface area contributed by atoms with Crippen molar-refractivity contribution in [2.45, 2.75) is 2.52 Å². The van der Waals surface area contributed by atoms with Gasteiger partial charge < -0.3 is 9.90 Å². The maximum absolute atomic E-state index is 9.14. The molecule has 0 saturated carbocycles. The predicted molar refractivity (Wildman–Crippen MR) is 32.9 cm³/mol. The molecule has 0 unspecified atom stereocenters. The van der Waals surface area contributed by atoms with Gasteiger partial charge in [-0.2, -0.15) is 0 Å². The molecule has 0 rings (SSSR count). The number of carbonyl (C=O) groups excluding carboxylic acids is 1. The van der Waals surface area contributed by atoms with Crippen molar-refractivity contribution in [2.75, 3.05) is 6.61 Å². The molecule has 0 aliphatic rings. The first-order valence-corrected chi connectivity index (χ1v) is 3.98. The van der Waals surface area contributed by atoms with E-state index in [1.807, 2.05) is 0 Å².